The summed E-state index contributed by atoms with van der Waals surface area (Å²) in [5.41, 5.74) is 1.58. The predicted molar refractivity (Wildman–Crippen MR) is 175 cm³/mol. The van der Waals surface area contributed by atoms with Crippen LogP contribution in [0.2, 0.25) is 0 Å². The van der Waals surface area contributed by atoms with Crippen LogP contribution in [0, 0.1) is 26.0 Å². The number of hydrogen-bond donors (Lipinski definition) is 2. The largest absolute Gasteiger partial charge is 0.466 e. The van der Waals surface area contributed by atoms with Gasteiger partial charge in [0.2, 0.25) is 16.0 Å². The Hall–Kier alpha value is -4.53. The van der Waals surface area contributed by atoms with Crippen molar-refractivity contribution in [2.75, 3.05) is 44.0 Å². The average molecular weight is 732 g/mol. The predicted octanol–water partition coefficient (Wildman–Crippen LogP) is 2.83. The zero-order valence-corrected chi connectivity index (χ0v) is 28.9. The lowest BCUT2D eigenvalue weighted by Crippen LogP contribution is -2.27. The van der Waals surface area contributed by atoms with E-state index in [0.29, 0.717) is 29.7 Å². The number of halogens is 1. The fourth-order valence-corrected chi connectivity index (χ4v) is 4.73. The molecule has 0 fully saturated rings. The zero-order chi connectivity index (χ0) is 37.4. The van der Waals surface area contributed by atoms with Gasteiger partial charge in [-0.25, -0.2) is 27.1 Å². The van der Waals surface area contributed by atoms with Crippen LogP contribution in [0.3, 0.4) is 0 Å². The van der Waals surface area contributed by atoms with E-state index in [9.17, 15) is 48.0 Å². The average Bonchev–Trinajstić information content (AvgIpc) is 3.01. The first kappa shape index (κ1) is 41.6. The molecule has 0 aliphatic rings. The maximum atomic E-state index is 13.7. The number of aliphatic hydroxyl groups excluding tert-OH is 2. The van der Waals surface area contributed by atoms with Crippen LogP contribution in [0.15, 0.2) is 30.3 Å². The molecule has 1 unspecified atom stereocenters. The van der Waals surface area contributed by atoms with Crippen molar-refractivity contribution < 1.29 is 57.1 Å². The van der Waals surface area contributed by atoms with E-state index in [-0.39, 0.29) is 56.8 Å². The lowest BCUT2D eigenvalue weighted by atomic mass is 9.97. The van der Waals surface area contributed by atoms with Crippen LogP contribution in [0.1, 0.15) is 63.1 Å². The number of hydrogen-bond acceptors (Lipinski definition) is 15. The van der Waals surface area contributed by atoms with Gasteiger partial charge in [-0.1, -0.05) is 26.0 Å². The first-order chi connectivity index (χ1) is 23.5. The summed E-state index contributed by atoms with van der Waals surface area (Å²) in [5.74, 6) is -1.68. The molecule has 0 bridgehead atoms. The first-order valence-electron chi connectivity index (χ1n) is 15.5. The highest BCUT2D eigenvalue weighted by Gasteiger charge is 2.23. The molecule has 1 aromatic carbocycles. The third-order valence-corrected chi connectivity index (χ3v) is 8.09. The standard InChI is InChI=1S/C30H42FN5O13S/c1-20(2)28-26(29(21-7-9-22(31)10-8-21)33-30(32-28)34(3)50(4,44)45)12-11-23(37)17-24(38)18-27(39)47-16-13-25(49-36(42)43)19-46-14-5-6-15-48-35(40)41/h7-12,20,23-25,37-38H,5-6,13-19H2,1-4H3/b12-11+/t23-,24-,25?/m1/s1. The van der Waals surface area contributed by atoms with E-state index in [1.165, 1.54) is 43.5 Å². The molecule has 0 aliphatic carbocycles. The highest BCUT2D eigenvalue weighted by atomic mass is 32.2. The van der Waals surface area contributed by atoms with Crippen molar-refractivity contribution in [1.82, 2.24) is 9.97 Å². The smallest absolute Gasteiger partial charge is 0.308 e. The minimum absolute atomic E-state index is 0.103. The monoisotopic (exact) mass is 731 g/mol. The highest BCUT2D eigenvalue weighted by molar-refractivity contribution is 7.92. The number of anilines is 1. The van der Waals surface area contributed by atoms with Gasteiger partial charge in [0.15, 0.2) is 0 Å². The molecule has 2 rings (SSSR count). The van der Waals surface area contributed by atoms with Gasteiger partial charge in [-0.2, -0.15) is 0 Å². The molecule has 0 amide bonds. The Morgan fingerprint density at radius 2 is 1.72 bits per heavy atom. The summed E-state index contributed by atoms with van der Waals surface area (Å²) in [6, 6.07) is 5.37. The van der Waals surface area contributed by atoms with Gasteiger partial charge in [0.25, 0.3) is 10.2 Å². The molecular formula is C30H42FN5O13S. The van der Waals surface area contributed by atoms with Crippen molar-refractivity contribution in [1.29, 1.82) is 0 Å². The molecule has 2 N–H and O–H groups in total. The molecule has 2 aromatic rings. The fourth-order valence-electron chi connectivity index (χ4n) is 4.35. The van der Waals surface area contributed by atoms with Gasteiger partial charge in [-0.05, 0) is 43.0 Å². The summed E-state index contributed by atoms with van der Waals surface area (Å²) in [6.45, 7) is 3.16. The molecule has 20 heteroatoms. The van der Waals surface area contributed by atoms with Gasteiger partial charge < -0.3 is 29.4 Å². The van der Waals surface area contributed by atoms with Crippen LogP contribution < -0.4 is 4.31 Å². The molecule has 1 heterocycles. The molecule has 0 saturated heterocycles. The van der Waals surface area contributed by atoms with Crippen LogP contribution in [-0.4, -0.2) is 103 Å². The van der Waals surface area contributed by atoms with E-state index in [1.54, 1.807) is 0 Å². The molecule has 50 heavy (non-hydrogen) atoms. The van der Waals surface area contributed by atoms with Crippen LogP contribution >= 0.6 is 0 Å². The van der Waals surface area contributed by atoms with Gasteiger partial charge in [0.05, 0.1) is 56.1 Å². The summed E-state index contributed by atoms with van der Waals surface area (Å²) in [5, 5.41) is 40.1. The van der Waals surface area contributed by atoms with E-state index in [1.807, 2.05) is 13.8 Å². The number of unbranched alkanes of at least 4 members (excludes halogenated alkanes) is 1. The Labute approximate surface area is 288 Å². The summed E-state index contributed by atoms with van der Waals surface area (Å²) in [6.07, 6.45) is 0.0287. The number of carbonyl (C=O) groups excluding carboxylic acids is 1. The Bertz CT molecular complexity index is 1560. The number of sulfonamides is 1. The minimum Gasteiger partial charge on any atom is -0.466 e. The minimum atomic E-state index is -3.72. The van der Waals surface area contributed by atoms with Crippen molar-refractivity contribution in [3.8, 4) is 11.3 Å². The van der Waals surface area contributed by atoms with Gasteiger partial charge in [-0.3, -0.25) is 4.79 Å². The van der Waals surface area contributed by atoms with Gasteiger partial charge in [0.1, 0.15) is 11.9 Å². The molecule has 0 saturated carbocycles. The number of aromatic nitrogens is 2. The van der Waals surface area contributed by atoms with Gasteiger partial charge in [-0.15, -0.1) is 20.2 Å². The topological polar surface area (TPSA) is 244 Å². The fraction of sp³-hybridized carbons (Fsp3) is 0.567. The van der Waals surface area contributed by atoms with E-state index >= 15 is 0 Å². The van der Waals surface area contributed by atoms with Crippen LogP contribution in [0.25, 0.3) is 17.3 Å². The van der Waals surface area contributed by atoms with Gasteiger partial charge in [0, 0.05) is 37.6 Å². The van der Waals surface area contributed by atoms with Gasteiger partial charge >= 0.3 is 5.97 Å². The maximum Gasteiger partial charge on any atom is 0.308 e. The lowest BCUT2D eigenvalue weighted by molar-refractivity contribution is -0.769. The van der Waals surface area contributed by atoms with E-state index in [0.717, 1.165) is 10.6 Å². The number of aliphatic hydroxyl groups is 2. The van der Waals surface area contributed by atoms with E-state index in [4.69, 9.17) is 9.47 Å². The number of rotatable bonds is 23. The SMILES string of the molecule is CC(C)c1nc(N(C)S(C)(=O)=O)nc(-c2ccc(F)cc2)c1/C=C/[C@@H](O)C[C@@H](O)CC(=O)OCCC(COCCCCO[N+](=O)[O-])O[N+](=O)[O-]. The normalized spacial score (nSPS) is 13.5. The van der Waals surface area contributed by atoms with Crippen molar-refractivity contribution in [2.45, 2.75) is 70.2 Å². The Kier molecular flexibility index (Phi) is 16.8. The number of esters is 1. The lowest BCUT2D eigenvalue weighted by Gasteiger charge is -2.20. The van der Waals surface area contributed by atoms with Crippen LogP contribution in [0.5, 0.6) is 0 Å². The number of nitrogens with zero attached hydrogens (tertiary/aromatic N) is 5. The second-order valence-electron chi connectivity index (χ2n) is 11.4. The molecule has 0 aliphatic heterocycles. The summed E-state index contributed by atoms with van der Waals surface area (Å²) >= 11 is 0. The first-order valence-corrected chi connectivity index (χ1v) is 17.3. The third kappa shape index (κ3) is 14.9. The molecular weight excluding hydrogens is 689 g/mol. The number of carbonyl (C=O) groups is 1. The second-order valence-corrected chi connectivity index (χ2v) is 13.4. The van der Waals surface area contributed by atoms with Crippen LogP contribution in [0.4, 0.5) is 10.3 Å². The van der Waals surface area contributed by atoms with E-state index in [2.05, 4.69) is 19.6 Å². The zero-order valence-electron chi connectivity index (χ0n) is 28.0. The maximum absolute atomic E-state index is 13.7. The Balaban J connectivity index is 2.03. The molecule has 278 valence electrons. The second kappa shape index (κ2) is 20.2. The van der Waals surface area contributed by atoms with E-state index < -0.39 is 56.7 Å². The molecule has 0 radical (unpaired) electrons. The van der Waals surface area contributed by atoms with Crippen molar-refractivity contribution in [3.05, 3.63) is 67.6 Å². The third-order valence-electron chi connectivity index (χ3n) is 6.93. The Morgan fingerprint density at radius 1 is 1.06 bits per heavy atom. The summed E-state index contributed by atoms with van der Waals surface area (Å²) < 4.78 is 49.5. The molecule has 1 aromatic heterocycles. The quantitative estimate of drug-likeness (QED) is 0.0722. The highest BCUT2D eigenvalue weighted by Crippen LogP contribution is 2.31. The van der Waals surface area contributed by atoms with Crippen LogP contribution in [-0.2, 0) is 34.0 Å². The van der Waals surface area contributed by atoms with Crippen molar-refractivity contribution >= 4 is 28.0 Å². The Morgan fingerprint density at radius 3 is 2.32 bits per heavy atom. The van der Waals surface area contributed by atoms with Crippen molar-refractivity contribution in [3.63, 3.8) is 0 Å². The summed E-state index contributed by atoms with van der Waals surface area (Å²) in [4.78, 5) is 50.8. The number of benzene rings is 1. The molecule has 0 spiro atoms. The molecule has 18 nitrogen and oxygen atoms in total. The van der Waals surface area contributed by atoms with Crippen molar-refractivity contribution in [2.24, 2.45) is 0 Å². The molecule has 3 atom stereocenters. The number of ether oxygens (including phenoxy) is 2. The summed E-state index contributed by atoms with van der Waals surface area (Å²) in [7, 11) is -2.42.